The second kappa shape index (κ2) is 11.6. The molecule has 7 aliphatic carbocycles. The van der Waals surface area contributed by atoms with E-state index < -0.39 is 0 Å². The summed E-state index contributed by atoms with van der Waals surface area (Å²) >= 11 is 0. The van der Waals surface area contributed by atoms with E-state index >= 15 is 0 Å². The fourth-order valence-corrected chi connectivity index (χ4v) is 15.0. The average Bonchev–Trinajstić information content (AvgIpc) is 3.61. The number of carbonyl (C=O) groups is 2. The minimum Gasteiger partial charge on any atom is -0.299 e. The Kier molecular flexibility index (Phi) is 7.06. The number of benzene rings is 4. The number of rotatable bonds is 2. The smallest absolute Gasteiger partial charge is 0.139 e. The summed E-state index contributed by atoms with van der Waals surface area (Å²) in [4.78, 5) is 28.8. The van der Waals surface area contributed by atoms with Crippen LogP contribution in [0, 0.1) is 71.0 Å². The molecular weight excluding hydrogens is 609 g/mol. The highest BCUT2D eigenvalue weighted by Crippen LogP contribution is 2.69. The van der Waals surface area contributed by atoms with Crippen molar-refractivity contribution in [3.63, 3.8) is 0 Å². The topological polar surface area (TPSA) is 34.1 Å². The number of ketones is 2. The van der Waals surface area contributed by atoms with Gasteiger partial charge in [0, 0.05) is 23.7 Å². The lowest BCUT2D eigenvalue weighted by Gasteiger charge is -2.59. The SMILES string of the molecule is O=C1C2CCCCC2C2CC3C(CC12)C(c1cccc2ccccc12)C1CC2C(CC1C3c1ccc3ccccc3c1)C(=O)C1CCCCC12. The van der Waals surface area contributed by atoms with Gasteiger partial charge in [-0.05, 0) is 143 Å². The molecule has 0 bridgehead atoms. The maximum atomic E-state index is 14.4. The monoisotopic (exact) mass is 660 g/mol. The third-order valence-electron chi connectivity index (χ3n) is 16.7. The van der Waals surface area contributed by atoms with Crippen LogP contribution in [0.5, 0.6) is 0 Å². The van der Waals surface area contributed by atoms with Crippen LogP contribution in [0.15, 0.2) is 84.9 Å². The molecule has 14 atom stereocenters. The molecular formula is C48H52O2. The fraction of sp³-hybridized carbons (Fsp3) is 0.542. The van der Waals surface area contributed by atoms with E-state index in [2.05, 4.69) is 84.9 Å². The van der Waals surface area contributed by atoms with Gasteiger partial charge in [0.1, 0.15) is 11.6 Å². The third-order valence-corrected chi connectivity index (χ3v) is 16.7. The first kappa shape index (κ1) is 30.4. The molecule has 50 heavy (non-hydrogen) atoms. The van der Waals surface area contributed by atoms with Gasteiger partial charge >= 0.3 is 0 Å². The van der Waals surface area contributed by atoms with Crippen LogP contribution in [0.3, 0.4) is 0 Å². The molecule has 11 rings (SSSR count). The summed E-state index contributed by atoms with van der Waals surface area (Å²) in [6, 6.07) is 32.5. The van der Waals surface area contributed by atoms with Crippen molar-refractivity contribution >= 4 is 33.1 Å². The summed E-state index contributed by atoms with van der Waals surface area (Å²) in [7, 11) is 0. The predicted octanol–water partition coefficient (Wildman–Crippen LogP) is 11.2. The molecule has 7 fully saturated rings. The standard InChI is InChI=1S/C48H52O2/c49-47-36-18-8-6-16-33(36)38-24-41-40(25-43(38)47)45(30-21-20-27-10-1-2-12-29(27)22-30)39-23-37-32-15-5-7-17-35(32)48(50)44(37)26-42(39)46(41)34-19-9-13-28-11-3-4-14-31(28)34/h1-4,9-14,19-22,32-33,35-46H,5-8,15-18,23-26H2. The number of fused-ring (bicyclic) bond motifs is 10. The lowest BCUT2D eigenvalue weighted by Crippen LogP contribution is -2.52. The molecule has 14 unspecified atom stereocenters. The van der Waals surface area contributed by atoms with Gasteiger partial charge in [0.05, 0.1) is 0 Å². The lowest BCUT2D eigenvalue weighted by atomic mass is 9.44. The van der Waals surface area contributed by atoms with Crippen molar-refractivity contribution in [3.05, 3.63) is 96.1 Å². The Morgan fingerprint density at radius 1 is 0.400 bits per heavy atom. The molecule has 0 radical (unpaired) electrons. The molecule has 0 heterocycles. The summed E-state index contributed by atoms with van der Waals surface area (Å²) in [6.07, 6.45) is 14.4. The maximum Gasteiger partial charge on any atom is 0.139 e. The predicted molar refractivity (Wildman–Crippen MR) is 201 cm³/mol. The van der Waals surface area contributed by atoms with Crippen LogP contribution in [0.2, 0.25) is 0 Å². The van der Waals surface area contributed by atoms with Crippen LogP contribution >= 0.6 is 0 Å². The van der Waals surface area contributed by atoms with E-state index in [4.69, 9.17) is 0 Å². The van der Waals surface area contributed by atoms with E-state index in [1.807, 2.05) is 0 Å². The Hall–Kier alpha value is -3.26. The van der Waals surface area contributed by atoms with Gasteiger partial charge in [-0.15, -0.1) is 0 Å². The zero-order valence-electron chi connectivity index (χ0n) is 29.5. The van der Waals surface area contributed by atoms with Crippen molar-refractivity contribution < 1.29 is 9.59 Å². The molecule has 0 N–H and O–H groups in total. The molecule has 4 aromatic carbocycles. The molecule has 7 aliphatic rings. The third kappa shape index (κ3) is 4.38. The van der Waals surface area contributed by atoms with Crippen molar-refractivity contribution in [1.29, 1.82) is 0 Å². The highest BCUT2D eigenvalue weighted by Gasteiger charge is 2.63. The molecule has 0 spiro atoms. The summed E-state index contributed by atoms with van der Waals surface area (Å²) in [5.74, 6) is 7.73. The second-order valence-electron chi connectivity index (χ2n) is 18.3. The summed E-state index contributed by atoms with van der Waals surface area (Å²) in [5.41, 5.74) is 3.07. The van der Waals surface area contributed by atoms with Gasteiger partial charge in [0.2, 0.25) is 0 Å². The van der Waals surface area contributed by atoms with E-state index in [0.29, 0.717) is 82.6 Å². The minimum absolute atomic E-state index is 0.253. The summed E-state index contributed by atoms with van der Waals surface area (Å²) in [5, 5.41) is 5.45. The zero-order valence-corrected chi connectivity index (χ0v) is 29.5. The first-order valence-electron chi connectivity index (χ1n) is 20.7. The molecule has 0 amide bonds. The quantitative estimate of drug-likeness (QED) is 0.214. The maximum absolute atomic E-state index is 14.4. The molecule has 256 valence electrons. The van der Waals surface area contributed by atoms with E-state index in [1.165, 1.54) is 78.5 Å². The molecule has 7 saturated carbocycles. The average molecular weight is 661 g/mol. The Morgan fingerprint density at radius 2 is 0.940 bits per heavy atom. The number of hydrogen-bond donors (Lipinski definition) is 0. The number of Topliss-reactive ketones (excluding diaryl/α,β-unsaturated/α-hetero) is 2. The Morgan fingerprint density at radius 3 is 1.64 bits per heavy atom. The molecule has 0 aliphatic heterocycles. The van der Waals surface area contributed by atoms with Crippen molar-refractivity contribution in [2.45, 2.75) is 88.9 Å². The van der Waals surface area contributed by atoms with Crippen molar-refractivity contribution in [2.24, 2.45) is 71.0 Å². The molecule has 0 aromatic heterocycles. The normalized spacial score (nSPS) is 41.9. The van der Waals surface area contributed by atoms with E-state index in [-0.39, 0.29) is 11.8 Å². The molecule has 0 saturated heterocycles. The zero-order chi connectivity index (χ0) is 33.1. The molecule has 2 nitrogen and oxygen atoms in total. The van der Waals surface area contributed by atoms with Crippen molar-refractivity contribution in [2.75, 3.05) is 0 Å². The van der Waals surface area contributed by atoms with Crippen LogP contribution in [-0.2, 0) is 9.59 Å². The summed E-state index contributed by atoms with van der Waals surface area (Å²) in [6.45, 7) is 0. The number of hydrogen-bond acceptors (Lipinski definition) is 2. The van der Waals surface area contributed by atoms with Crippen LogP contribution in [0.25, 0.3) is 21.5 Å². The van der Waals surface area contributed by atoms with E-state index in [0.717, 1.165) is 25.7 Å². The fourth-order valence-electron chi connectivity index (χ4n) is 15.0. The van der Waals surface area contributed by atoms with Gasteiger partial charge in [0.25, 0.3) is 0 Å². The Bertz CT molecular complexity index is 1980. The molecule has 4 aromatic rings. The van der Waals surface area contributed by atoms with Gasteiger partial charge in [0.15, 0.2) is 0 Å². The van der Waals surface area contributed by atoms with Gasteiger partial charge < -0.3 is 0 Å². The van der Waals surface area contributed by atoms with E-state index in [1.54, 1.807) is 5.56 Å². The van der Waals surface area contributed by atoms with Crippen LogP contribution in [0.4, 0.5) is 0 Å². The Labute approximate surface area is 297 Å². The van der Waals surface area contributed by atoms with Crippen LogP contribution < -0.4 is 0 Å². The van der Waals surface area contributed by atoms with Gasteiger partial charge in [-0.2, -0.15) is 0 Å². The highest BCUT2D eigenvalue weighted by atomic mass is 16.1. The Balaban J connectivity index is 1.10. The highest BCUT2D eigenvalue weighted by molar-refractivity contribution is 5.89. The molecule has 2 heteroatoms. The van der Waals surface area contributed by atoms with Gasteiger partial charge in [-0.25, -0.2) is 0 Å². The second-order valence-corrected chi connectivity index (χ2v) is 18.3. The van der Waals surface area contributed by atoms with Gasteiger partial charge in [-0.1, -0.05) is 111 Å². The van der Waals surface area contributed by atoms with Crippen molar-refractivity contribution in [1.82, 2.24) is 0 Å². The van der Waals surface area contributed by atoms with Crippen LogP contribution in [0.1, 0.15) is 100 Å². The lowest BCUT2D eigenvalue weighted by molar-refractivity contribution is -0.130. The largest absolute Gasteiger partial charge is 0.299 e. The van der Waals surface area contributed by atoms with Crippen LogP contribution in [-0.4, -0.2) is 11.6 Å². The first-order valence-corrected chi connectivity index (χ1v) is 20.7. The first-order chi connectivity index (χ1) is 24.6. The summed E-state index contributed by atoms with van der Waals surface area (Å²) < 4.78 is 0. The minimum atomic E-state index is 0.253. The van der Waals surface area contributed by atoms with Crippen molar-refractivity contribution in [3.8, 4) is 0 Å². The van der Waals surface area contributed by atoms with Gasteiger partial charge in [-0.3, -0.25) is 9.59 Å². The van der Waals surface area contributed by atoms with E-state index in [9.17, 15) is 9.59 Å². The number of carbonyl (C=O) groups excluding carboxylic acids is 2.